The van der Waals surface area contributed by atoms with E-state index >= 15 is 0 Å². The number of sulfonamides is 1. The number of rotatable bonds is 8. The summed E-state index contributed by atoms with van der Waals surface area (Å²) < 4.78 is 32.5. The highest BCUT2D eigenvalue weighted by Crippen LogP contribution is 2.25. The molecule has 0 saturated heterocycles. The molecule has 1 aromatic heterocycles. The van der Waals surface area contributed by atoms with E-state index in [2.05, 4.69) is 20.2 Å². The number of benzene rings is 2. The highest BCUT2D eigenvalue weighted by molar-refractivity contribution is 7.99. The van der Waals surface area contributed by atoms with Crippen molar-refractivity contribution in [2.24, 2.45) is 0 Å². The first-order valence-corrected chi connectivity index (χ1v) is 11.4. The molecule has 11 heteroatoms. The molecule has 0 aliphatic heterocycles. The van der Waals surface area contributed by atoms with Crippen LogP contribution in [0.5, 0.6) is 0 Å². The van der Waals surface area contributed by atoms with Gasteiger partial charge in [-0.3, -0.25) is 9.52 Å². The topological polar surface area (TPSA) is 114 Å². The van der Waals surface area contributed by atoms with E-state index in [1.807, 2.05) is 0 Å². The smallest absolute Gasteiger partial charge is 0.262 e. The number of nitrogens with one attached hydrogen (secondary N) is 2. The zero-order valence-electron chi connectivity index (χ0n) is 15.3. The van der Waals surface area contributed by atoms with Gasteiger partial charge >= 0.3 is 0 Å². The van der Waals surface area contributed by atoms with Gasteiger partial charge in [0.2, 0.25) is 11.8 Å². The van der Waals surface area contributed by atoms with E-state index in [9.17, 15) is 13.2 Å². The molecule has 0 fully saturated rings. The second kappa shape index (κ2) is 9.29. The number of nitrogens with zero attached hydrogens (tertiary/aromatic N) is 2. The van der Waals surface area contributed by atoms with Crippen molar-refractivity contribution in [1.82, 2.24) is 10.1 Å². The average molecular weight is 453 g/mol. The molecular weight excluding hydrogens is 436 g/mol. The molecule has 0 spiro atoms. The molecule has 0 bridgehead atoms. The van der Waals surface area contributed by atoms with Gasteiger partial charge < -0.3 is 9.84 Å². The number of hydrogen-bond donors (Lipinski definition) is 2. The lowest BCUT2D eigenvalue weighted by molar-refractivity contribution is -0.113. The standard InChI is InChI=1S/C18H17ClN4O4S2/c1-12-20-17(22-27-12)10-28-11-18(24)21-13-5-4-6-14(9-13)29(25,26)23-16-8-3-2-7-15(16)19/h2-9,23H,10-11H2,1H3,(H,21,24). The van der Waals surface area contributed by atoms with Crippen LogP contribution in [-0.4, -0.2) is 30.2 Å². The molecule has 3 aromatic rings. The van der Waals surface area contributed by atoms with Crippen LogP contribution in [-0.2, 0) is 20.6 Å². The maximum atomic E-state index is 12.6. The van der Waals surface area contributed by atoms with Crippen LogP contribution >= 0.6 is 23.4 Å². The lowest BCUT2D eigenvalue weighted by atomic mass is 10.3. The number of halogens is 1. The van der Waals surface area contributed by atoms with Crippen LogP contribution < -0.4 is 10.0 Å². The molecular formula is C18H17ClN4O4S2. The quantitative estimate of drug-likeness (QED) is 0.535. The van der Waals surface area contributed by atoms with Gasteiger partial charge in [0, 0.05) is 12.6 Å². The van der Waals surface area contributed by atoms with Gasteiger partial charge in [0.25, 0.3) is 10.0 Å². The normalized spacial score (nSPS) is 11.2. The highest BCUT2D eigenvalue weighted by Gasteiger charge is 2.16. The van der Waals surface area contributed by atoms with Crippen molar-refractivity contribution >= 4 is 50.7 Å². The fourth-order valence-corrected chi connectivity index (χ4v) is 4.34. The minimum atomic E-state index is -3.86. The Morgan fingerprint density at radius 1 is 1.21 bits per heavy atom. The van der Waals surface area contributed by atoms with Gasteiger partial charge in [-0.15, -0.1) is 11.8 Å². The summed E-state index contributed by atoms with van der Waals surface area (Å²) in [7, 11) is -3.86. The lowest BCUT2D eigenvalue weighted by Gasteiger charge is -2.11. The molecule has 8 nitrogen and oxygen atoms in total. The van der Waals surface area contributed by atoms with Crippen molar-refractivity contribution in [1.29, 1.82) is 0 Å². The molecule has 2 N–H and O–H groups in total. The van der Waals surface area contributed by atoms with E-state index in [0.717, 1.165) is 0 Å². The van der Waals surface area contributed by atoms with Gasteiger partial charge in [0.15, 0.2) is 5.82 Å². The summed E-state index contributed by atoms with van der Waals surface area (Å²) in [6, 6.07) is 12.5. The third-order valence-corrected chi connectivity index (χ3v) is 6.20. The minimum absolute atomic E-state index is 0.00476. The number of anilines is 2. The van der Waals surface area contributed by atoms with Crippen molar-refractivity contribution in [3.8, 4) is 0 Å². The molecule has 0 aliphatic carbocycles. The van der Waals surface area contributed by atoms with E-state index in [-0.39, 0.29) is 27.3 Å². The summed E-state index contributed by atoms with van der Waals surface area (Å²) in [5.41, 5.74) is 0.643. The van der Waals surface area contributed by atoms with Crippen molar-refractivity contribution in [2.75, 3.05) is 15.8 Å². The average Bonchev–Trinajstić information content (AvgIpc) is 3.09. The van der Waals surface area contributed by atoms with Crippen LogP contribution in [0, 0.1) is 6.92 Å². The van der Waals surface area contributed by atoms with E-state index < -0.39 is 10.0 Å². The number of aryl methyl sites for hydroxylation is 1. The summed E-state index contributed by atoms with van der Waals surface area (Å²) in [6.07, 6.45) is 0. The Labute approximate surface area is 177 Å². The van der Waals surface area contributed by atoms with Gasteiger partial charge in [0.1, 0.15) is 0 Å². The Kier molecular flexibility index (Phi) is 6.78. The number of carbonyl (C=O) groups excluding carboxylic acids is 1. The summed E-state index contributed by atoms with van der Waals surface area (Å²) in [6.45, 7) is 1.69. The summed E-state index contributed by atoms with van der Waals surface area (Å²) in [4.78, 5) is 16.2. The Balaban J connectivity index is 1.61. The maximum Gasteiger partial charge on any atom is 0.262 e. The Morgan fingerprint density at radius 2 is 2.00 bits per heavy atom. The zero-order valence-corrected chi connectivity index (χ0v) is 17.6. The Bertz CT molecular complexity index is 1120. The van der Waals surface area contributed by atoms with Gasteiger partial charge in [-0.2, -0.15) is 4.98 Å². The number of hydrogen-bond acceptors (Lipinski definition) is 7. The third kappa shape index (κ3) is 5.96. The molecule has 29 heavy (non-hydrogen) atoms. The number of thioether (sulfide) groups is 1. The molecule has 0 radical (unpaired) electrons. The Morgan fingerprint density at radius 3 is 2.72 bits per heavy atom. The Hall–Kier alpha value is -2.56. The number of para-hydroxylation sites is 1. The van der Waals surface area contributed by atoms with E-state index in [1.165, 1.54) is 23.9 Å². The summed E-state index contributed by atoms with van der Waals surface area (Å²) in [5.74, 6) is 1.29. The summed E-state index contributed by atoms with van der Waals surface area (Å²) >= 11 is 7.33. The lowest BCUT2D eigenvalue weighted by Crippen LogP contribution is -2.16. The first kappa shape index (κ1) is 21.2. The minimum Gasteiger partial charge on any atom is -0.340 e. The molecule has 152 valence electrons. The van der Waals surface area contributed by atoms with Crippen LogP contribution in [0.2, 0.25) is 5.02 Å². The third-order valence-electron chi connectivity index (χ3n) is 3.58. The molecule has 0 unspecified atom stereocenters. The molecule has 2 aromatic carbocycles. The summed E-state index contributed by atoms with van der Waals surface area (Å²) in [5, 5.41) is 6.72. The maximum absolute atomic E-state index is 12.6. The first-order chi connectivity index (χ1) is 13.8. The van der Waals surface area contributed by atoms with E-state index in [4.69, 9.17) is 16.1 Å². The monoisotopic (exact) mass is 452 g/mol. The molecule has 1 heterocycles. The van der Waals surface area contributed by atoms with E-state index in [0.29, 0.717) is 23.2 Å². The molecule has 1 amide bonds. The van der Waals surface area contributed by atoms with Gasteiger partial charge in [-0.25, -0.2) is 8.42 Å². The van der Waals surface area contributed by atoms with Crippen LogP contribution in [0.4, 0.5) is 11.4 Å². The molecule has 3 rings (SSSR count). The molecule has 0 aliphatic rings. The number of aromatic nitrogens is 2. The van der Waals surface area contributed by atoms with Crippen LogP contribution in [0.1, 0.15) is 11.7 Å². The number of carbonyl (C=O) groups is 1. The van der Waals surface area contributed by atoms with Gasteiger partial charge in [0.05, 0.1) is 27.1 Å². The van der Waals surface area contributed by atoms with Crippen LogP contribution in [0.25, 0.3) is 0 Å². The fourth-order valence-electron chi connectivity index (χ4n) is 2.32. The van der Waals surface area contributed by atoms with Gasteiger partial charge in [-0.1, -0.05) is 35.0 Å². The van der Waals surface area contributed by atoms with Crippen molar-refractivity contribution < 1.29 is 17.7 Å². The van der Waals surface area contributed by atoms with Crippen molar-refractivity contribution in [2.45, 2.75) is 17.6 Å². The second-order valence-electron chi connectivity index (χ2n) is 5.88. The van der Waals surface area contributed by atoms with Crippen molar-refractivity contribution in [3.05, 3.63) is 65.3 Å². The van der Waals surface area contributed by atoms with E-state index in [1.54, 1.807) is 43.3 Å². The zero-order chi connectivity index (χ0) is 20.9. The molecule has 0 saturated carbocycles. The predicted molar refractivity (Wildman–Crippen MR) is 113 cm³/mol. The fraction of sp³-hybridized carbons (Fsp3) is 0.167. The second-order valence-corrected chi connectivity index (χ2v) is 8.96. The SMILES string of the molecule is Cc1nc(CSCC(=O)Nc2cccc(S(=O)(=O)Nc3ccccc3Cl)c2)no1. The van der Waals surface area contributed by atoms with Crippen molar-refractivity contribution in [3.63, 3.8) is 0 Å². The predicted octanol–water partition coefficient (Wildman–Crippen LogP) is 3.70. The van der Waals surface area contributed by atoms with Crippen LogP contribution in [0.15, 0.2) is 57.9 Å². The molecule has 0 atom stereocenters. The number of amides is 1. The highest BCUT2D eigenvalue weighted by atomic mass is 35.5. The first-order valence-electron chi connectivity index (χ1n) is 8.38. The largest absolute Gasteiger partial charge is 0.340 e. The van der Waals surface area contributed by atoms with Gasteiger partial charge in [-0.05, 0) is 30.3 Å². The van der Waals surface area contributed by atoms with Crippen LogP contribution in [0.3, 0.4) is 0 Å².